The molecule has 0 saturated carbocycles. The van der Waals surface area contributed by atoms with Crippen molar-refractivity contribution in [3.8, 4) is 0 Å². The lowest BCUT2D eigenvalue weighted by Gasteiger charge is -2.30. The van der Waals surface area contributed by atoms with Crippen molar-refractivity contribution in [2.24, 2.45) is 0 Å². The summed E-state index contributed by atoms with van der Waals surface area (Å²) in [6, 6.07) is 0. The normalized spacial score (nSPS) is 17.6. The van der Waals surface area contributed by atoms with Gasteiger partial charge in [0.2, 0.25) is 11.7 Å². The van der Waals surface area contributed by atoms with Gasteiger partial charge in [-0.05, 0) is 20.3 Å². The summed E-state index contributed by atoms with van der Waals surface area (Å²) >= 11 is 0. The van der Waals surface area contributed by atoms with E-state index in [4.69, 9.17) is 9.05 Å². The van der Waals surface area contributed by atoms with Gasteiger partial charge in [-0.3, -0.25) is 9.36 Å². The average molecular weight is 293 g/mol. The molecule has 1 rings (SSSR count). The first kappa shape index (κ1) is 16.1. The lowest BCUT2D eigenvalue weighted by atomic mass is 10.4. The molecule has 0 aromatic rings. The van der Waals surface area contributed by atoms with E-state index in [1.807, 2.05) is 0 Å². The highest BCUT2D eigenvalue weighted by atomic mass is 31.2. The van der Waals surface area contributed by atoms with Crippen LogP contribution in [0.2, 0.25) is 0 Å². The van der Waals surface area contributed by atoms with E-state index >= 15 is 0 Å². The Bertz CT molecular complexity index is 375. The van der Waals surface area contributed by atoms with Gasteiger partial charge in [-0.2, -0.15) is 0 Å². The van der Waals surface area contributed by atoms with Crippen molar-refractivity contribution in [1.82, 2.24) is 4.90 Å². The largest absolute Gasteiger partial charge is 0.467 e. The number of amides is 1. The van der Waals surface area contributed by atoms with Crippen LogP contribution >= 0.6 is 7.60 Å². The number of nitrogens with zero attached hydrogens (tertiary/aromatic N) is 1. The predicted octanol–water partition coefficient (Wildman–Crippen LogP) is 1.37. The summed E-state index contributed by atoms with van der Waals surface area (Å²) < 4.78 is 27.7. The minimum absolute atomic E-state index is 0.118. The van der Waals surface area contributed by atoms with E-state index in [-0.39, 0.29) is 19.1 Å². The molecule has 0 aliphatic carbocycles. The summed E-state index contributed by atoms with van der Waals surface area (Å²) in [5.41, 5.74) is 0. The lowest BCUT2D eigenvalue weighted by molar-refractivity contribution is -0.148. The molecule has 0 spiro atoms. The number of hydrogen-bond acceptors (Lipinski definition) is 6. The zero-order chi connectivity index (χ0) is 14.5. The molecule has 1 heterocycles. The number of carbonyl (C=O) groups excluding carboxylic acids is 2. The maximum Gasteiger partial charge on any atom is 0.364 e. The summed E-state index contributed by atoms with van der Waals surface area (Å²) in [7, 11) is -2.58. The van der Waals surface area contributed by atoms with Gasteiger partial charge in [0.05, 0.1) is 20.3 Å². The van der Waals surface area contributed by atoms with Crippen molar-refractivity contribution in [2.45, 2.75) is 32.5 Å². The van der Waals surface area contributed by atoms with Gasteiger partial charge in [-0.1, -0.05) is 0 Å². The van der Waals surface area contributed by atoms with Crippen molar-refractivity contribution in [3.05, 3.63) is 0 Å². The zero-order valence-corrected chi connectivity index (χ0v) is 12.4. The molecule has 0 aromatic carbocycles. The molecule has 1 unspecified atom stereocenters. The third-order valence-corrected chi connectivity index (χ3v) is 5.06. The molecule has 7 nitrogen and oxygen atoms in total. The van der Waals surface area contributed by atoms with Crippen molar-refractivity contribution < 1.29 is 27.9 Å². The second-order valence-corrected chi connectivity index (χ2v) is 6.05. The summed E-state index contributed by atoms with van der Waals surface area (Å²) in [5.74, 6) is -2.33. The van der Waals surface area contributed by atoms with E-state index in [9.17, 15) is 14.2 Å². The van der Waals surface area contributed by atoms with Gasteiger partial charge in [0, 0.05) is 13.0 Å². The smallest absolute Gasteiger partial charge is 0.364 e. The molecule has 1 atom stereocenters. The van der Waals surface area contributed by atoms with Crippen LogP contribution in [0.5, 0.6) is 0 Å². The Morgan fingerprint density at radius 3 is 2.32 bits per heavy atom. The van der Waals surface area contributed by atoms with Crippen LogP contribution in [0, 0.1) is 0 Å². The highest BCUT2D eigenvalue weighted by Gasteiger charge is 2.49. The second-order valence-electron chi connectivity index (χ2n) is 3.96. The predicted molar refractivity (Wildman–Crippen MR) is 67.6 cm³/mol. The fourth-order valence-electron chi connectivity index (χ4n) is 2.00. The van der Waals surface area contributed by atoms with E-state index in [2.05, 4.69) is 4.74 Å². The van der Waals surface area contributed by atoms with Crippen LogP contribution < -0.4 is 0 Å². The minimum Gasteiger partial charge on any atom is -0.467 e. The molecule has 1 saturated heterocycles. The summed E-state index contributed by atoms with van der Waals surface area (Å²) in [4.78, 5) is 24.9. The van der Waals surface area contributed by atoms with Crippen LogP contribution in [-0.2, 0) is 27.9 Å². The van der Waals surface area contributed by atoms with E-state index < -0.39 is 19.3 Å². The first-order chi connectivity index (χ1) is 9.00. The first-order valence-corrected chi connectivity index (χ1v) is 7.87. The van der Waals surface area contributed by atoms with Crippen molar-refractivity contribution in [1.29, 1.82) is 0 Å². The van der Waals surface area contributed by atoms with E-state index in [0.29, 0.717) is 19.4 Å². The van der Waals surface area contributed by atoms with Gasteiger partial charge in [0.1, 0.15) is 0 Å². The Kier molecular flexibility index (Phi) is 5.97. The average Bonchev–Trinajstić information content (AvgIpc) is 2.76. The first-order valence-electron chi connectivity index (χ1n) is 6.26. The fourth-order valence-corrected chi connectivity index (χ4v) is 4.02. The van der Waals surface area contributed by atoms with Crippen molar-refractivity contribution >= 4 is 19.5 Å². The van der Waals surface area contributed by atoms with Gasteiger partial charge < -0.3 is 18.7 Å². The molecule has 1 amide bonds. The van der Waals surface area contributed by atoms with Gasteiger partial charge in [-0.15, -0.1) is 0 Å². The fraction of sp³-hybridized carbons (Fsp3) is 0.818. The molecule has 1 aliphatic rings. The molecule has 8 heteroatoms. The standard InChI is InChI=1S/C11H20NO6P/c1-4-17-19(15,18-5-2)10(11(14)16-3)12-8-6-7-9(12)13/h10H,4-8H2,1-3H3. The maximum atomic E-state index is 12.7. The molecular weight excluding hydrogens is 273 g/mol. The quantitative estimate of drug-likeness (QED) is 0.521. The Balaban J connectivity index is 3.09. The Morgan fingerprint density at radius 1 is 1.37 bits per heavy atom. The van der Waals surface area contributed by atoms with Gasteiger partial charge >= 0.3 is 13.6 Å². The van der Waals surface area contributed by atoms with Crippen molar-refractivity contribution in [3.63, 3.8) is 0 Å². The molecule has 0 bridgehead atoms. The van der Waals surface area contributed by atoms with E-state index in [0.717, 1.165) is 0 Å². The SMILES string of the molecule is CCOP(=O)(OCC)C(C(=O)OC)N1CCCC1=O. The van der Waals surface area contributed by atoms with Gasteiger partial charge in [0.25, 0.3) is 0 Å². The highest BCUT2D eigenvalue weighted by Crippen LogP contribution is 2.55. The van der Waals surface area contributed by atoms with Crippen LogP contribution in [0.4, 0.5) is 0 Å². The second kappa shape index (κ2) is 7.03. The van der Waals surface area contributed by atoms with Crippen molar-refractivity contribution in [2.75, 3.05) is 26.9 Å². The van der Waals surface area contributed by atoms with E-state index in [1.54, 1.807) is 13.8 Å². The number of esters is 1. The molecule has 0 aromatic heterocycles. The molecule has 110 valence electrons. The zero-order valence-electron chi connectivity index (χ0n) is 11.5. The van der Waals surface area contributed by atoms with Crippen LogP contribution in [0.25, 0.3) is 0 Å². The van der Waals surface area contributed by atoms with Gasteiger partial charge in [0.15, 0.2) is 0 Å². The lowest BCUT2D eigenvalue weighted by Crippen LogP contribution is -2.43. The van der Waals surface area contributed by atoms with Crippen LogP contribution in [0.1, 0.15) is 26.7 Å². The molecule has 1 fully saturated rings. The number of rotatable bonds is 7. The summed E-state index contributed by atoms with van der Waals surface area (Å²) in [6.45, 7) is 3.87. The number of hydrogen-bond donors (Lipinski definition) is 0. The maximum absolute atomic E-state index is 12.7. The third kappa shape index (κ3) is 3.55. The molecule has 0 radical (unpaired) electrons. The topological polar surface area (TPSA) is 82.1 Å². The molecular formula is C11H20NO6P. The highest BCUT2D eigenvalue weighted by molar-refractivity contribution is 7.55. The number of likely N-dealkylation sites (tertiary alicyclic amines) is 1. The number of ether oxygens (including phenoxy) is 1. The minimum atomic E-state index is -3.76. The van der Waals surface area contributed by atoms with Crippen LogP contribution in [-0.4, -0.2) is 49.4 Å². The van der Waals surface area contributed by atoms with Crippen LogP contribution in [0.3, 0.4) is 0 Å². The Morgan fingerprint density at radius 2 is 1.95 bits per heavy atom. The molecule has 1 aliphatic heterocycles. The van der Waals surface area contributed by atoms with Gasteiger partial charge in [-0.25, -0.2) is 4.79 Å². The summed E-state index contributed by atoms with van der Waals surface area (Å²) in [6.07, 6.45) is 0.941. The number of methoxy groups -OCH3 is 1. The third-order valence-electron chi connectivity index (χ3n) is 2.73. The number of carbonyl (C=O) groups is 2. The Labute approximate surface area is 112 Å². The van der Waals surface area contributed by atoms with Crippen LogP contribution in [0.15, 0.2) is 0 Å². The monoisotopic (exact) mass is 293 g/mol. The summed E-state index contributed by atoms with van der Waals surface area (Å²) in [5, 5.41) is 0. The molecule has 0 N–H and O–H groups in total. The Hall–Kier alpha value is -0.910. The van der Waals surface area contributed by atoms with E-state index in [1.165, 1.54) is 12.0 Å². The molecule has 19 heavy (non-hydrogen) atoms.